The molecule has 0 aliphatic heterocycles. The molecule has 1 aromatic carbocycles. The lowest BCUT2D eigenvalue weighted by molar-refractivity contribution is 0.734. The Morgan fingerprint density at radius 1 is 1.00 bits per heavy atom. The number of hydrogen-bond donors (Lipinski definition) is 1. The third-order valence-electron chi connectivity index (χ3n) is 4.28. The van der Waals surface area contributed by atoms with E-state index in [2.05, 4.69) is 70.0 Å². The minimum atomic E-state index is 0.539. The molecule has 2 nitrogen and oxygen atoms in total. The molecule has 0 saturated carbocycles. The average Bonchev–Trinajstić information content (AvgIpc) is 2.44. The van der Waals surface area contributed by atoms with Gasteiger partial charge in [-0.1, -0.05) is 26.0 Å². The Balaban J connectivity index is 2.45. The Hall–Kier alpha value is -1.83. The lowest BCUT2D eigenvalue weighted by atomic mass is 9.93. The number of rotatable bonds is 4. The van der Waals surface area contributed by atoms with Gasteiger partial charge in [0.15, 0.2) is 0 Å². The van der Waals surface area contributed by atoms with E-state index in [1.54, 1.807) is 0 Å². The molecule has 0 amide bonds. The zero-order chi connectivity index (χ0) is 15.6. The van der Waals surface area contributed by atoms with Gasteiger partial charge in [0.2, 0.25) is 0 Å². The maximum Gasteiger partial charge on any atom is 0.133 e. The Morgan fingerprint density at radius 3 is 2.29 bits per heavy atom. The van der Waals surface area contributed by atoms with Crippen molar-refractivity contribution in [1.82, 2.24) is 4.98 Å². The molecule has 1 aromatic heterocycles. The molecule has 1 heterocycles. The molecule has 0 aliphatic carbocycles. The molecule has 0 spiro atoms. The number of anilines is 2. The van der Waals surface area contributed by atoms with Gasteiger partial charge in [0.1, 0.15) is 5.82 Å². The van der Waals surface area contributed by atoms with Crippen molar-refractivity contribution in [3.05, 3.63) is 52.2 Å². The first-order chi connectivity index (χ1) is 9.92. The zero-order valence-electron chi connectivity index (χ0n) is 14.0. The highest BCUT2D eigenvalue weighted by molar-refractivity contribution is 5.65. The zero-order valence-corrected chi connectivity index (χ0v) is 14.0. The van der Waals surface area contributed by atoms with Gasteiger partial charge in [0, 0.05) is 11.9 Å². The van der Waals surface area contributed by atoms with Gasteiger partial charge in [-0.2, -0.15) is 0 Å². The molecule has 0 radical (unpaired) electrons. The van der Waals surface area contributed by atoms with E-state index in [-0.39, 0.29) is 0 Å². The van der Waals surface area contributed by atoms with Crippen LogP contribution in [-0.2, 0) is 0 Å². The molecule has 1 unspecified atom stereocenters. The predicted octanol–water partition coefficient (Wildman–Crippen LogP) is 5.57. The van der Waals surface area contributed by atoms with Gasteiger partial charge in [-0.05, 0) is 73.9 Å². The van der Waals surface area contributed by atoms with Crippen LogP contribution in [0.1, 0.15) is 54.0 Å². The fourth-order valence-electron chi connectivity index (χ4n) is 2.55. The van der Waals surface area contributed by atoms with E-state index < -0.39 is 0 Å². The second kappa shape index (κ2) is 6.30. The predicted molar refractivity (Wildman–Crippen MR) is 91.6 cm³/mol. The smallest absolute Gasteiger partial charge is 0.133 e. The summed E-state index contributed by atoms with van der Waals surface area (Å²) in [6.45, 7) is 13.0. The molecule has 0 bridgehead atoms. The minimum absolute atomic E-state index is 0.539. The molecule has 1 N–H and O–H groups in total. The summed E-state index contributed by atoms with van der Waals surface area (Å²) < 4.78 is 0. The van der Waals surface area contributed by atoms with Gasteiger partial charge in [-0.15, -0.1) is 0 Å². The first-order valence-corrected chi connectivity index (χ1v) is 7.73. The summed E-state index contributed by atoms with van der Waals surface area (Å²) in [6, 6.07) is 6.73. The van der Waals surface area contributed by atoms with Crippen LogP contribution < -0.4 is 5.32 Å². The van der Waals surface area contributed by atoms with Crippen LogP contribution in [0.4, 0.5) is 11.5 Å². The highest BCUT2D eigenvalue weighted by Crippen LogP contribution is 2.32. The highest BCUT2D eigenvalue weighted by Gasteiger charge is 2.12. The fourth-order valence-corrected chi connectivity index (χ4v) is 2.55. The van der Waals surface area contributed by atoms with Crippen LogP contribution in [0.15, 0.2) is 24.4 Å². The molecule has 2 heteroatoms. The van der Waals surface area contributed by atoms with Crippen LogP contribution >= 0.6 is 0 Å². The van der Waals surface area contributed by atoms with E-state index in [0.717, 1.165) is 12.2 Å². The first kappa shape index (κ1) is 15.6. The molecule has 0 aliphatic rings. The molecule has 1 atom stereocenters. The molecule has 2 rings (SSSR count). The number of aromatic nitrogens is 1. The number of aryl methyl sites for hydroxylation is 4. The lowest BCUT2D eigenvalue weighted by Gasteiger charge is -2.19. The normalized spacial score (nSPS) is 12.3. The van der Waals surface area contributed by atoms with Crippen molar-refractivity contribution >= 4 is 11.5 Å². The van der Waals surface area contributed by atoms with Crippen LogP contribution in [0.25, 0.3) is 0 Å². The molecule has 0 saturated heterocycles. The van der Waals surface area contributed by atoms with Gasteiger partial charge >= 0.3 is 0 Å². The van der Waals surface area contributed by atoms with Crippen LogP contribution in [-0.4, -0.2) is 4.98 Å². The second-order valence-corrected chi connectivity index (χ2v) is 6.14. The maximum absolute atomic E-state index is 4.54. The SMILES string of the molecule is CCC(C)c1cc(C)c(C)cc1Nc1ncc(C)cc1C. The summed E-state index contributed by atoms with van der Waals surface area (Å²) in [6.07, 6.45) is 3.05. The van der Waals surface area contributed by atoms with E-state index in [1.807, 2.05) is 6.20 Å². The van der Waals surface area contributed by atoms with Gasteiger partial charge < -0.3 is 5.32 Å². The third kappa shape index (κ3) is 3.44. The summed E-state index contributed by atoms with van der Waals surface area (Å²) in [5.41, 5.74) is 7.61. The van der Waals surface area contributed by atoms with Gasteiger partial charge in [0.25, 0.3) is 0 Å². The summed E-state index contributed by atoms with van der Waals surface area (Å²) >= 11 is 0. The Kier molecular flexibility index (Phi) is 4.66. The average molecular weight is 282 g/mol. The van der Waals surface area contributed by atoms with Crippen molar-refractivity contribution in [3.63, 3.8) is 0 Å². The minimum Gasteiger partial charge on any atom is -0.340 e. The molecule has 112 valence electrons. The van der Waals surface area contributed by atoms with Crippen LogP contribution in [0.2, 0.25) is 0 Å². The van der Waals surface area contributed by atoms with E-state index in [4.69, 9.17) is 0 Å². The van der Waals surface area contributed by atoms with Crippen molar-refractivity contribution < 1.29 is 0 Å². The number of benzene rings is 1. The van der Waals surface area contributed by atoms with Gasteiger partial charge in [0.05, 0.1) is 0 Å². The summed E-state index contributed by atoms with van der Waals surface area (Å²) in [5.74, 6) is 1.49. The lowest BCUT2D eigenvalue weighted by Crippen LogP contribution is -2.04. The number of pyridine rings is 1. The molecular weight excluding hydrogens is 256 g/mol. The van der Waals surface area contributed by atoms with Crippen LogP contribution in [0.5, 0.6) is 0 Å². The van der Waals surface area contributed by atoms with Crippen molar-refractivity contribution in [3.8, 4) is 0 Å². The van der Waals surface area contributed by atoms with Crippen molar-refractivity contribution in [1.29, 1.82) is 0 Å². The summed E-state index contributed by atoms with van der Waals surface area (Å²) in [7, 11) is 0. The van der Waals surface area contributed by atoms with E-state index in [1.165, 1.54) is 33.5 Å². The topological polar surface area (TPSA) is 24.9 Å². The third-order valence-corrected chi connectivity index (χ3v) is 4.28. The number of nitrogens with one attached hydrogen (secondary N) is 1. The quantitative estimate of drug-likeness (QED) is 0.792. The van der Waals surface area contributed by atoms with E-state index >= 15 is 0 Å². The first-order valence-electron chi connectivity index (χ1n) is 7.73. The number of hydrogen-bond acceptors (Lipinski definition) is 2. The molecular formula is C19H26N2. The second-order valence-electron chi connectivity index (χ2n) is 6.14. The van der Waals surface area contributed by atoms with Gasteiger partial charge in [-0.25, -0.2) is 4.98 Å². The molecule has 21 heavy (non-hydrogen) atoms. The summed E-state index contributed by atoms with van der Waals surface area (Å²) in [5, 5.41) is 3.54. The largest absolute Gasteiger partial charge is 0.340 e. The van der Waals surface area contributed by atoms with Gasteiger partial charge in [-0.3, -0.25) is 0 Å². The van der Waals surface area contributed by atoms with E-state index in [9.17, 15) is 0 Å². The Labute approximate surface area is 128 Å². The standard InChI is InChI=1S/C19H26N2/c1-7-13(3)17-9-14(4)15(5)10-18(17)21-19-16(6)8-12(2)11-20-19/h8-11,13H,7H2,1-6H3,(H,20,21). The Bertz CT molecular complexity index is 644. The number of nitrogens with zero attached hydrogens (tertiary/aromatic N) is 1. The van der Waals surface area contributed by atoms with Crippen molar-refractivity contribution in [2.24, 2.45) is 0 Å². The van der Waals surface area contributed by atoms with Crippen LogP contribution in [0.3, 0.4) is 0 Å². The molecule has 0 fully saturated rings. The highest BCUT2D eigenvalue weighted by atomic mass is 15.0. The Morgan fingerprint density at radius 2 is 1.67 bits per heavy atom. The van der Waals surface area contributed by atoms with Crippen molar-refractivity contribution in [2.75, 3.05) is 5.32 Å². The van der Waals surface area contributed by atoms with E-state index in [0.29, 0.717) is 5.92 Å². The fraction of sp³-hybridized carbons (Fsp3) is 0.421. The molecule has 2 aromatic rings. The van der Waals surface area contributed by atoms with Crippen LogP contribution in [0, 0.1) is 27.7 Å². The monoisotopic (exact) mass is 282 g/mol. The van der Waals surface area contributed by atoms with Crippen molar-refractivity contribution in [2.45, 2.75) is 53.9 Å². The summed E-state index contributed by atoms with van der Waals surface area (Å²) in [4.78, 5) is 4.54. The maximum atomic E-state index is 4.54.